The molecule has 0 aliphatic heterocycles. The Kier molecular flexibility index (Phi) is 8.61. The smallest absolute Gasteiger partial charge is 0.246 e. The molecule has 0 spiro atoms. The maximum Gasteiger partial charge on any atom is 0.246 e. The third kappa shape index (κ3) is 6.30. The molecule has 1 aliphatic carbocycles. The zero-order valence-corrected chi connectivity index (χ0v) is 10.7. The van der Waals surface area contributed by atoms with Crippen LogP contribution in [0.5, 0.6) is 0 Å². The highest BCUT2D eigenvalue weighted by atomic mass is 35.5. The van der Waals surface area contributed by atoms with Gasteiger partial charge in [0.25, 0.3) is 0 Å². The molecule has 96 valence electrons. The Labute approximate surface area is 104 Å². The van der Waals surface area contributed by atoms with Gasteiger partial charge in [-0.1, -0.05) is 19.3 Å². The van der Waals surface area contributed by atoms with E-state index in [0.29, 0.717) is 6.54 Å². The Morgan fingerprint density at radius 3 is 2.62 bits per heavy atom. The van der Waals surface area contributed by atoms with Gasteiger partial charge < -0.3 is 15.8 Å². The molecule has 0 heterocycles. The Morgan fingerprint density at radius 1 is 1.44 bits per heavy atom. The van der Waals surface area contributed by atoms with Crippen LogP contribution >= 0.6 is 12.4 Å². The Hall–Kier alpha value is -0.320. The molecule has 0 aromatic carbocycles. The van der Waals surface area contributed by atoms with E-state index in [1.807, 2.05) is 6.92 Å². The Balaban J connectivity index is 0.00000225. The second-order valence-corrected chi connectivity index (χ2v) is 4.28. The maximum absolute atomic E-state index is 11.4. The number of halogens is 1. The predicted octanol–water partition coefficient (Wildman–Crippen LogP) is 1.22. The van der Waals surface area contributed by atoms with E-state index >= 15 is 0 Å². The van der Waals surface area contributed by atoms with Gasteiger partial charge in [-0.05, 0) is 19.8 Å². The minimum absolute atomic E-state index is 0. The Bertz CT molecular complexity index is 196. The van der Waals surface area contributed by atoms with Crippen molar-refractivity contribution in [1.82, 2.24) is 5.32 Å². The van der Waals surface area contributed by atoms with Crippen molar-refractivity contribution in [3.63, 3.8) is 0 Å². The first kappa shape index (κ1) is 15.7. The first-order chi connectivity index (χ1) is 7.22. The van der Waals surface area contributed by atoms with E-state index in [-0.39, 0.29) is 37.1 Å². The van der Waals surface area contributed by atoms with E-state index in [9.17, 15) is 4.79 Å². The van der Waals surface area contributed by atoms with Crippen LogP contribution in [0, 0.1) is 0 Å². The van der Waals surface area contributed by atoms with Crippen LogP contribution in [0.2, 0.25) is 0 Å². The lowest BCUT2D eigenvalue weighted by Gasteiger charge is -2.22. The zero-order valence-electron chi connectivity index (χ0n) is 9.91. The molecular weight excluding hydrogens is 228 g/mol. The van der Waals surface area contributed by atoms with Crippen molar-refractivity contribution in [2.45, 2.75) is 51.2 Å². The van der Waals surface area contributed by atoms with Crippen molar-refractivity contribution >= 4 is 18.3 Å². The van der Waals surface area contributed by atoms with Crippen molar-refractivity contribution < 1.29 is 9.53 Å². The SMILES string of the molecule is C[C@@H](CN)NC(=O)COC1CCCCC1.Cl. The number of hydrogen-bond donors (Lipinski definition) is 2. The van der Waals surface area contributed by atoms with Crippen LogP contribution in [-0.4, -0.2) is 31.2 Å². The highest BCUT2D eigenvalue weighted by molar-refractivity contribution is 5.85. The standard InChI is InChI=1S/C11H22N2O2.ClH/c1-9(7-12)13-11(14)8-15-10-5-3-2-4-6-10;/h9-10H,2-8,12H2,1H3,(H,13,14);1H/t9-;/m0./s1. The van der Waals surface area contributed by atoms with Gasteiger partial charge in [0, 0.05) is 12.6 Å². The fourth-order valence-corrected chi connectivity index (χ4v) is 1.80. The van der Waals surface area contributed by atoms with E-state index in [1.54, 1.807) is 0 Å². The van der Waals surface area contributed by atoms with Crippen LogP contribution in [0.25, 0.3) is 0 Å². The summed E-state index contributed by atoms with van der Waals surface area (Å²) in [6.07, 6.45) is 6.24. The summed E-state index contributed by atoms with van der Waals surface area (Å²) in [4.78, 5) is 11.4. The molecular formula is C11H23ClN2O2. The number of nitrogens with two attached hydrogens (primary N) is 1. The van der Waals surface area contributed by atoms with Gasteiger partial charge in [0.2, 0.25) is 5.91 Å². The van der Waals surface area contributed by atoms with Crippen LogP contribution in [0.15, 0.2) is 0 Å². The number of carbonyl (C=O) groups excluding carboxylic acids is 1. The summed E-state index contributed by atoms with van der Waals surface area (Å²) in [6, 6.07) is 0.0347. The van der Waals surface area contributed by atoms with Crippen molar-refractivity contribution in [3.8, 4) is 0 Å². The average molecular weight is 251 g/mol. The van der Waals surface area contributed by atoms with Crippen molar-refractivity contribution in [2.24, 2.45) is 5.73 Å². The monoisotopic (exact) mass is 250 g/mol. The fraction of sp³-hybridized carbons (Fsp3) is 0.909. The van der Waals surface area contributed by atoms with Crippen LogP contribution in [0.4, 0.5) is 0 Å². The van der Waals surface area contributed by atoms with E-state index in [4.69, 9.17) is 10.5 Å². The van der Waals surface area contributed by atoms with E-state index in [2.05, 4.69) is 5.32 Å². The first-order valence-corrected chi connectivity index (χ1v) is 5.83. The summed E-state index contributed by atoms with van der Waals surface area (Å²) in [7, 11) is 0. The second-order valence-electron chi connectivity index (χ2n) is 4.28. The zero-order chi connectivity index (χ0) is 11.1. The number of carbonyl (C=O) groups is 1. The maximum atomic E-state index is 11.4. The summed E-state index contributed by atoms with van der Waals surface area (Å²) < 4.78 is 5.54. The van der Waals surface area contributed by atoms with Crippen molar-refractivity contribution in [2.75, 3.05) is 13.2 Å². The van der Waals surface area contributed by atoms with Crippen LogP contribution in [-0.2, 0) is 9.53 Å². The van der Waals surface area contributed by atoms with Gasteiger partial charge in [0.05, 0.1) is 6.10 Å². The molecule has 0 unspecified atom stereocenters. The van der Waals surface area contributed by atoms with Gasteiger partial charge in [0.1, 0.15) is 6.61 Å². The van der Waals surface area contributed by atoms with Crippen LogP contribution < -0.4 is 11.1 Å². The molecule has 0 aromatic heterocycles. The number of amides is 1. The highest BCUT2D eigenvalue weighted by Gasteiger charge is 2.15. The van der Waals surface area contributed by atoms with E-state index in [1.165, 1.54) is 19.3 Å². The minimum Gasteiger partial charge on any atom is -0.368 e. The summed E-state index contributed by atoms with van der Waals surface area (Å²) in [5.74, 6) is -0.0569. The molecule has 1 saturated carbocycles. The molecule has 0 saturated heterocycles. The fourth-order valence-electron chi connectivity index (χ4n) is 1.80. The molecule has 1 rings (SSSR count). The largest absolute Gasteiger partial charge is 0.368 e. The third-order valence-electron chi connectivity index (χ3n) is 2.76. The molecule has 4 nitrogen and oxygen atoms in total. The van der Waals surface area contributed by atoms with Crippen molar-refractivity contribution in [1.29, 1.82) is 0 Å². The predicted molar refractivity (Wildman–Crippen MR) is 66.7 cm³/mol. The number of hydrogen-bond acceptors (Lipinski definition) is 3. The molecule has 0 bridgehead atoms. The van der Waals surface area contributed by atoms with Gasteiger partial charge in [0.15, 0.2) is 0 Å². The lowest BCUT2D eigenvalue weighted by atomic mass is 9.98. The van der Waals surface area contributed by atoms with Gasteiger partial charge in [-0.2, -0.15) is 0 Å². The molecule has 1 aliphatic rings. The molecule has 3 N–H and O–H groups in total. The first-order valence-electron chi connectivity index (χ1n) is 5.83. The minimum atomic E-state index is -0.0569. The quantitative estimate of drug-likeness (QED) is 0.771. The summed E-state index contributed by atoms with van der Waals surface area (Å²) in [6.45, 7) is 2.53. The molecule has 0 aromatic rings. The molecule has 0 radical (unpaired) electrons. The number of nitrogens with one attached hydrogen (secondary N) is 1. The lowest BCUT2D eigenvalue weighted by molar-refractivity contribution is -0.128. The second kappa shape index (κ2) is 8.79. The molecule has 1 amide bonds. The van der Waals surface area contributed by atoms with Crippen LogP contribution in [0.1, 0.15) is 39.0 Å². The number of rotatable bonds is 5. The molecule has 16 heavy (non-hydrogen) atoms. The van der Waals surface area contributed by atoms with Gasteiger partial charge in [-0.3, -0.25) is 4.79 Å². The van der Waals surface area contributed by atoms with Gasteiger partial charge in [-0.15, -0.1) is 12.4 Å². The summed E-state index contributed by atoms with van der Waals surface area (Å²) in [5.41, 5.74) is 5.40. The lowest BCUT2D eigenvalue weighted by Crippen LogP contribution is -2.40. The average Bonchev–Trinajstić information content (AvgIpc) is 2.27. The molecule has 1 atom stereocenters. The third-order valence-corrected chi connectivity index (χ3v) is 2.76. The van der Waals surface area contributed by atoms with E-state index < -0.39 is 0 Å². The van der Waals surface area contributed by atoms with E-state index in [0.717, 1.165) is 12.8 Å². The van der Waals surface area contributed by atoms with Crippen molar-refractivity contribution in [3.05, 3.63) is 0 Å². The topological polar surface area (TPSA) is 64.3 Å². The summed E-state index contributed by atoms with van der Waals surface area (Å²) in [5, 5.41) is 2.78. The summed E-state index contributed by atoms with van der Waals surface area (Å²) >= 11 is 0. The molecule has 5 heteroatoms. The van der Waals surface area contributed by atoms with Crippen LogP contribution in [0.3, 0.4) is 0 Å². The molecule has 1 fully saturated rings. The normalized spacial score (nSPS) is 18.6. The number of ether oxygens (including phenoxy) is 1. The Morgan fingerprint density at radius 2 is 2.06 bits per heavy atom. The van der Waals surface area contributed by atoms with Gasteiger partial charge in [-0.25, -0.2) is 0 Å². The highest BCUT2D eigenvalue weighted by Crippen LogP contribution is 2.19. The van der Waals surface area contributed by atoms with Gasteiger partial charge >= 0.3 is 0 Å².